The van der Waals surface area contributed by atoms with Crippen LogP contribution < -0.4 is 0 Å². The summed E-state index contributed by atoms with van der Waals surface area (Å²) in [5.41, 5.74) is 5.06. The van der Waals surface area contributed by atoms with E-state index in [1.807, 2.05) is 53.1 Å². The number of aromatic nitrogens is 6. The number of ether oxygens (including phenoxy) is 2. The minimum absolute atomic E-state index is 0.00631. The van der Waals surface area contributed by atoms with Crippen LogP contribution in [0.4, 0.5) is 4.79 Å². The summed E-state index contributed by atoms with van der Waals surface area (Å²) in [4.78, 5) is 39.5. The first-order chi connectivity index (χ1) is 26.1. The first kappa shape index (κ1) is 40.0. The van der Waals surface area contributed by atoms with Crippen LogP contribution in [0.25, 0.3) is 22.5 Å². The van der Waals surface area contributed by atoms with Gasteiger partial charge in [0, 0.05) is 24.9 Å². The number of aryl methyl sites for hydroxylation is 1. The van der Waals surface area contributed by atoms with Crippen molar-refractivity contribution in [3.8, 4) is 22.5 Å². The maximum absolute atomic E-state index is 12.8. The summed E-state index contributed by atoms with van der Waals surface area (Å²) in [6.07, 6.45) is 1.92. The molecule has 2 aromatic heterocycles. The predicted molar refractivity (Wildman–Crippen MR) is 186 cm³/mol. The number of benzene rings is 3. The number of imidazole rings is 1. The third-order valence-corrected chi connectivity index (χ3v) is 8.31. The number of tetrazole rings is 1. The summed E-state index contributed by atoms with van der Waals surface area (Å²) < 4.78 is 12.8. The van der Waals surface area contributed by atoms with Crippen LogP contribution in [0.1, 0.15) is 60.8 Å². The monoisotopic (exact) mass is 766 g/mol. The van der Waals surface area contributed by atoms with Crippen molar-refractivity contribution in [1.82, 2.24) is 40.5 Å². The average Bonchev–Trinajstić information content (AvgIpc) is 3.78. The molecule has 54 heavy (non-hydrogen) atoms. The van der Waals surface area contributed by atoms with Crippen LogP contribution in [0, 0.1) is 0 Å². The van der Waals surface area contributed by atoms with E-state index in [0.717, 1.165) is 40.2 Å². The van der Waals surface area contributed by atoms with Crippen LogP contribution in [-0.2, 0) is 56.7 Å². The van der Waals surface area contributed by atoms with Gasteiger partial charge in [-0.05, 0) is 45.9 Å². The van der Waals surface area contributed by atoms with Crippen LogP contribution in [0.15, 0.2) is 72.8 Å². The van der Waals surface area contributed by atoms with Gasteiger partial charge in [0.2, 0.25) is 5.82 Å². The molecule has 5 aromatic rings. The first-order valence-electron chi connectivity index (χ1n) is 16.9. The Morgan fingerprint density at radius 1 is 0.815 bits per heavy atom. The van der Waals surface area contributed by atoms with Gasteiger partial charge in [0.05, 0.1) is 29.7 Å². The number of rotatable bonds is 19. The fraction of sp³-hybridized carbons (Fsp3) is 0.314. The molecule has 19 heteroatoms. The summed E-state index contributed by atoms with van der Waals surface area (Å²) in [6.45, 7) is 2.13. The standard InChI is InChI=1S/C35H39ClN8O10/c1-2-3-12-31-37-33(36)30(23-51-32(45)13-7-18-53-43(47)48)41(31)20-24-14-16-27(17-15-24)28-10-4-5-11-29(28)34-38-40-42(39-34)35(46)52-21-25-8-6-9-26(19-25)22-54-44(49)50/h4-6,8-11,14-17,19,47-50H,2-3,7,12-13,18,20-23H2,1H3. The first-order valence-corrected chi connectivity index (χ1v) is 17.2. The van der Waals surface area contributed by atoms with Crippen molar-refractivity contribution >= 4 is 23.7 Å². The molecule has 0 fully saturated rings. The van der Waals surface area contributed by atoms with E-state index >= 15 is 0 Å². The van der Waals surface area contributed by atoms with E-state index in [1.165, 1.54) is 0 Å². The zero-order valence-corrected chi connectivity index (χ0v) is 29.9. The van der Waals surface area contributed by atoms with Crippen LogP contribution in [0.3, 0.4) is 0 Å². The zero-order chi connectivity index (χ0) is 38.5. The Hall–Kier alpha value is -5.15. The molecule has 0 radical (unpaired) electrons. The zero-order valence-electron chi connectivity index (χ0n) is 29.2. The van der Waals surface area contributed by atoms with Crippen molar-refractivity contribution < 1.29 is 49.6 Å². The number of unbranched alkanes of at least 4 members (excludes halogenated alkanes) is 1. The van der Waals surface area contributed by atoms with Crippen molar-refractivity contribution in [1.29, 1.82) is 0 Å². The Labute approximate surface area is 314 Å². The second-order valence-electron chi connectivity index (χ2n) is 11.9. The van der Waals surface area contributed by atoms with Gasteiger partial charge in [-0.2, -0.15) is 0 Å². The van der Waals surface area contributed by atoms with Gasteiger partial charge in [-0.15, -0.1) is 10.2 Å². The predicted octanol–water partition coefficient (Wildman–Crippen LogP) is 5.78. The number of nitrogens with zero attached hydrogens (tertiary/aromatic N) is 8. The summed E-state index contributed by atoms with van der Waals surface area (Å²) >= 11 is 6.54. The maximum Gasteiger partial charge on any atom is 0.454 e. The highest BCUT2D eigenvalue weighted by Gasteiger charge is 2.20. The minimum Gasteiger partial charge on any atom is -0.459 e. The van der Waals surface area contributed by atoms with Crippen LogP contribution in [0.2, 0.25) is 5.15 Å². The van der Waals surface area contributed by atoms with Gasteiger partial charge in [0.15, 0.2) is 5.15 Å². The molecule has 4 N–H and O–H groups in total. The fourth-order valence-electron chi connectivity index (χ4n) is 5.38. The Balaban J connectivity index is 1.26. The molecule has 5 rings (SSSR count). The average molecular weight is 767 g/mol. The van der Waals surface area contributed by atoms with Crippen molar-refractivity contribution in [3.05, 3.63) is 106 Å². The molecule has 0 spiro atoms. The molecule has 286 valence electrons. The molecule has 2 heterocycles. The second kappa shape index (κ2) is 19.8. The van der Waals surface area contributed by atoms with E-state index in [-0.39, 0.29) is 55.6 Å². The lowest BCUT2D eigenvalue weighted by molar-refractivity contribution is -0.497. The lowest BCUT2D eigenvalue weighted by Crippen LogP contribution is -2.17. The normalized spacial score (nSPS) is 11.4. The van der Waals surface area contributed by atoms with Gasteiger partial charge in [-0.3, -0.25) is 30.5 Å². The summed E-state index contributed by atoms with van der Waals surface area (Å²) in [5.74, 6) is 0.491. The molecule has 0 saturated carbocycles. The van der Waals surface area contributed by atoms with Crippen LogP contribution in [-0.4, -0.2) is 80.0 Å². The molecular weight excluding hydrogens is 728 g/mol. The Morgan fingerprint density at radius 3 is 2.26 bits per heavy atom. The number of hydrogen-bond donors (Lipinski definition) is 4. The highest BCUT2D eigenvalue weighted by molar-refractivity contribution is 6.30. The van der Waals surface area contributed by atoms with Crippen molar-refractivity contribution in [3.63, 3.8) is 0 Å². The third-order valence-electron chi connectivity index (χ3n) is 8.01. The molecule has 3 aromatic carbocycles. The van der Waals surface area contributed by atoms with Crippen molar-refractivity contribution in [2.45, 2.75) is 65.4 Å². The number of carbonyl (C=O) groups excluding carboxylic acids is 2. The summed E-state index contributed by atoms with van der Waals surface area (Å²) in [6, 6.07) is 22.1. The molecule has 0 bridgehead atoms. The SMILES string of the molecule is CCCCc1nc(Cl)c(COC(=O)CCCON(O)O)n1Cc1ccc(-c2ccccc2-c2nnn(C(=O)OCc3cccc(CON(O)O)c3)n2)cc1. The van der Waals surface area contributed by atoms with Gasteiger partial charge in [-0.25, -0.2) is 14.6 Å². The molecule has 0 aliphatic heterocycles. The van der Waals surface area contributed by atoms with Gasteiger partial charge < -0.3 is 14.0 Å². The largest absolute Gasteiger partial charge is 0.459 e. The van der Waals surface area contributed by atoms with Gasteiger partial charge in [-0.1, -0.05) is 103 Å². The summed E-state index contributed by atoms with van der Waals surface area (Å²) in [7, 11) is 0. The third kappa shape index (κ3) is 11.4. The van der Waals surface area contributed by atoms with E-state index in [2.05, 4.69) is 37.0 Å². The lowest BCUT2D eigenvalue weighted by Gasteiger charge is -2.14. The Bertz CT molecular complexity index is 1990. The van der Waals surface area contributed by atoms with Gasteiger partial charge in [0.1, 0.15) is 19.0 Å². The Morgan fingerprint density at radius 2 is 1.54 bits per heavy atom. The van der Waals surface area contributed by atoms with E-state index in [1.54, 1.807) is 24.3 Å². The molecule has 0 amide bonds. The van der Waals surface area contributed by atoms with Crippen molar-refractivity contribution in [2.75, 3.05) is 6.61 Å². The number of carbonyl (C=O) groups is 2. The molecule has 0 unspecified atom stereocenters. The highest BCUT2D eigenvalue weighted by Crippen LogP contribution is 2.30. The second-order valence-corrected chi connectivity index (χ2v) is 12.2. The quantitative estimate of drug-likeness (QED) is 0.0444. The van der Waals surface area contributed by atoms with Crippen molar-refractivity contribution in [2.24, 2.45) is 0 Å². The van der Waals surface area contributed by atoms with Gasteiger partial charge >= 0.3 is 12.1 Å². The van der Waals surface area contributed by atoms with Crippen LogP contribution >= 0.6 is 11.6 Å². The number of esters is 1. The molecule has 0 atom stereocenters. The number of halogens is 1. The lowest BCUT2D eigenvalue weighted by atomic mass is 9.98. The molecule has 18 nitrogen and oxygen atoms in total. The van der Waals surface area contributed by atoms with E-state index < -0.39 is 17.5 Å². The smallest absolute Gasteiger partial charge is 0.454 e. The summed E-state index contributed by atoms with van der Waals surface area (Å²) in [5, 5.41) is 46.5. The Kier molecular flexibility index (Phi) is 14.7. The maximum atomic E-state index is 12.8. The molecular formula is C35H39ClN8O10. The van der Waals surface area contributed by atoms with E-state index in [4.69, 9.17) is 41.9 Å². The molecule has 0 aliphatic rings. The fourth-order valence-corrected chi connectivity index (χ4v) is 5.64. The molecule has 0 aliphatic carbocycles. The van der Waals surface area contributed by atoms with E-state index in [0.29, 0.717) is 35.3 Å². The molecule has 0 saturated heterocycles. The van der Waals surface area contributed by atoms with Gasteiger partial charge in [0.25, 0.3) is 0 Å². The van der Waals surface area contributed by atoms with E-state index in [9.17, 15) is 9.59 Å². The number of hydrogen-bond acceptors (Lipinski definition) is 16. The topological polar surface area (TPSA) is 220 Å². The van der Waals surface area contributed by atoms with Crippen LogP contribution in [0.5, 0.6) is 0 Å². The highest BCUT2D eigenvalue weighted by atomic mass is 35.5. The minimum atomic E-state index is -0.840.